The highest BCUT2D eigenvalue weighted by atomic mass is 16.2. The minimum absolute atomic E-state index is 0.00985. The van der Waals surface area contributed by atoms with Crippen LogP contribution >= 0.6 is 0 Å². The Labute approximate surface area is 194 Å². The highest BCUT2D eigenvalue weighted by Gasteiger charge is 2.30. The quantitative estimate of drug-likeness (QED) is 0.650. The molecule has 0 unspecified atom stereocenters. The number of aromatic amines is 1. The molecule has 2 aliphatic heterocycles. The summed E-state index contributed by atoms with van der Waals surface area (Å²) in [5.74, 6) is 0.175. The van der Waals surface area contributed by atoms with E-state index in [-0.39, 0.29) is 17.5 Å². The first-order valence-electron chi connectivity index (χ1n) is 12.2. The van der Waals surface area contributed by atoms with Crippen LogP contribution in [0.2, 0.25) is 0 Å². The largest absolute Gasteiger partial charge is 0.334 e. The molecule has 5 rings (SSSR count). The maximum Gasteiger partial charge on any atom is 0.277 e. The van der Waals surface area contributed by atoms with Gasteiger partial charge in [0, 0.05) is 44.6 Å². The lowest BCUT2D eigenvalue weighted by Gasteiger charge is -2.35. The molecular weight excluding hydrogens is 414 g/mol. The number of fused-ring (bicyclic) bond motifs is 2. The zero-order valence-corrected chi connectivity index (χ0v) is 19.6. The SMILES string of the molecule is CC(C)N1CCc2nc3cc([C@@H]4CCCCN4C(=O)CCc4ccccc4)[nH]n3c(=O)c2C1. The normalized spacial score (nSPS) is 19.2. The molecule has 2 aliphatic rings. The van der Waals surface area contributed by atoms with E-state index in [2.05, 4.69) is 36.0 Å². The predicted octanol–water partition coefficient (Wildman–Crippen LogP) is 3.48. The van der Waals surface area contributed by atoms with E-state index in [1.807, 2.05) is 29.2 Å². The fourth-order valence-corrected chi connectivity index (χ4v) is 5.23. The van der Waals surface area contributed by atoms with Crippen LogP contribution in [0.5, 0.6) is 0 Å². The van der Waals surface area contributed by atoms with Gasteiger partial charge in [0.2, 0.25) is 5.91 Å². The van der Waals surface area contributed by atoms with Crippen molar-refractivity contribution in [2.24, 2.45) is 0 Å². The molecule has 2 aromatic heterocycles. The molecule has 7 heteroatoms. The van der Waals surface area contributed by atoms with Gasteiger partial charge in [-0.2, -0.15) is 0 Å². The minimum atomic E-state index is -0.0349. The fraction of sp³-hybridized carbons (Fsp3) is 0.500. The van der Waals surface area contributed by atoms with E-state index in [9.17, 15) is 9.59 Å². The number of benzene rings is 1. The van der Waals surface area contributed by atoms with Gasteiger partial charge in [-0.15, -0.1) is 0 Å². The van der Waals surface area contributed by atoms with E-state index < -0.39 is 0 Å². The third kappa shape index (κ3) is 4.34. The average Bonchev–Trinajstić information content (AvgIpc) is 3.27. The van der Waals surface area contributed by atoms with Gasteiger partial charge in [-0.3, -0.25) is 19.6 Å². The molecule has 1 amide bonds. The first-order chi connectivity index (χ1) is 16.0. The number of H-pyrrole nitrogens is 1. The Morgan fingerprint density at radius 3 is 2.79 bits per heavy atom. The van der Waals surface area contributed by atoms with Crippen molar-refractivity contribution >= 4 is 11.6 Å². The van der Waals surface area contributed by atoms with Crippen molar-refractivity contribution in [1.29, 1.82) is 0 Å². The van der Waals surface area contributed by atoms with Gasteiger partial charge in [-0.25, -0.2) is 9.50 Å². The van der Waals surface area contributed by atoms with Crippen LogP contribution in [0.3, 0.4) is 0 Å². The molecule has 1 atom stereocenters. The Bertz CT molecular complexity index is 1200. The summed E-state index contributed by atoms with van der Waals surface area (Å²) in [6.45, 7) is 6.65. The van der Waals surface area contributed by atoms with Crippen molar-refractivity contribution in [2.45, 2.75) is 71.0 Å². The van der Waals surface area contributed by atoms with Crippen LogP contribution in [-0.2, 0) is 24.2 Å². The molecule has 4 heterocycles. The lowest BCUT2D eigenvalue weighted by Crippen LogP contribution is -2.40. The molecule has 1 N–H and O–H groups in total. The number of carbonyl (C=O) groups is 1. The van der Waals surface area contributed by atoms with E-state index in [0.29, 0.717) is 24.7 Å². The molecule has 1 fully saturated rings. The summed E-state index contributed by atoms with van der Waals surface area (Å²) in [5.41, 5.74) is 4.46. The van der Waals surface area contributed by atoms with Crippen molar-refractivity contribution in [3.63, 3.8) is 0 Å². The molecule has 174 valence electrons. The first kappa shape index (κ1) is 21.9. The molecule has 1 saturated heterocycles. The standard InChI is InChI=1S/C26H33N5O2/c1-18(2)29-15-13-21-20(17-29)26(33)31-24(27-21)16-22(28-31)23-10-6-7-14-30(23)25(32)12-11-19-8-4-3-5-9-19/h3-5,8-9,16,18,23,28H,6-7,10-15,17H2,1-2H3/t23-/m0/s1. The lowest BCUT2D eigenvalue weighted by molar-refractivity contribution is -0.135. The zero-order valence-electron chi connectivity index (χ0n) is 19.6. The van der Waals surface area contributed by atoms with Crippen LogP contribution in [-0.4, -0.2) is 49.4 Å². The maximum atomic E-state index is 13.3. The number of aromatic nitrogens is 3. The molecule has 1 aromatic carbocycles. The van der Waals surface area contributed by atoms with Crippen molar-refractivity contribution in [1.82, 2.24) is 24.4 Å². The van der Waals surface area contributed by atoms with Crippen LogP contribution in [0, 0.1) is 0 Å². The van der Waals surface area contributed by atoms with Gasteiger partial charge in [0.15, 0.2) is 5.65 Å². The van der Waals surface area contributed by atoms with Gasteiger partial charge in [-0.1, -0.05) is 30.3 Å². The minimum Gasteiger partial charge on any atom is -0.334 e. The van der Waals surface area contributed by atoms with Crippen molar-refractivity contribution < 1.29 is 4.79 Å². The summed E-state index contributed by atoms with van der Waals surface area (Å²) in [6, 6.07) is 12.5. The molecule has 0 aliphatic carbocycles. The van der Waals surface area contributed by atoms with Crippen LogP contribution in [0.15, 0.2) is 41.2 Å². The smallest absolute Gasteiger partial charge is 0.277 e. The number of likely N-dealkylation sites (tertiary alicyclic amines) is 1. The third-order valence-electron chi connectivity index (χ3n) is 7.19. The lowest BCUT2D eigenvalue weighted by atomic mass is 9.98. The predicted molar refractivity (Wildman–Crippen MR) is 128 cm³/mol. The Hall–Kier alpha value is -2.93. The van der Waals surface area contributed by atoms with Crippen LogP contribution in [0.4, 0.5) is 0 Å². The van der Waals surface area contributed by atoms with Gasteiger partial charge in [0.1, 0.15) is 0 Å². The number of aryl methyl sites for hydroxylation is 1. The van der Waals surface area contributed by atoms with Gasteiger partial charge in [-0.05, 0) is 45.1 Å². The average molecular weight is 448 g/mol. The summed E-state index contributed by atoms with van der Waals surface area (Å²) < 4.78 is 1.58. The number of carbonyl (C=O) groups excluding carboxylic acids is 1. The molecule has 3 aromatic rings. The van der Waals surface area contributed by atoms with E-state index in [1.54, 1.807) is 4.52 Å². The first-order valence-corrected chi connectivity index (χ1v) is 12.2. The summed E-state index contributed by atoms with van der Waals surface area (Å²) in [6.07, 6.45) is 5.04. The molecule has 0 saturated carbocycles. The molecule has 0 bridgehead atoms. The summed E-state index contributed by atoms with van der Waals surface area (Å²) >= 11 is 0. The summed E-state index contributed by atoms with van der Waals surface area (Å²) in [5, 5.41) is 3.32. The third-order valence-corrected chi connectivity index (χ3v) is 7.19. The van der Waals surface area contributed by atoms with Gasteiger partial charge < -0.3 is 4.90 Å². The second-order valence-electron chi connectivity index (χ2n) is 9.65. The highest BCUT2D eigenvalue weighted by Crippen LogP contribution is 2.31. The topological polar surface area (TPSA) is 73.7 Å². The van der Waals surface area contributed by atoms with Gasteiger partial charge in [0.05, 0.1) is 23.0 Å². The Morgan fingerprint density at radius 1 is 1.18 bits per heavy atom. The van der Waals surface area contributed by atoms with Crippen molar-refractivity contribution in [2.75, 3.05) is 13.1 Å². The molecule has 7 nitrogen and oxygen atoms in total. The van der Waals surface area contributed by atoms with Gasteiger partial charge >= 0.3 is 0 Å². The highest BCUT2D eigenvalue weighted by molar-refractivity contribution is 5.77. The zero-order chi connectivity index (χ0) is 22.9. The van der Waals surface area contributed by atoms with Crippen molar-refractivity contribution in [3.05, 3.63) is 69.3 Å². The van der Waals surface area contributed by atoms with Crippen LogP contribution < -0.4 is 5.56 Å². The monoisotopic (exact) mass is 447 g/mol. The maximum absolute atomic E-state index is 13.3. The summed E-state index contributed by atoms with van der Waals surface area (Å²) in [7, 11) is 0. The number of nitrogens with one attached hydrogen (secondary N) is 1. The number of hydrogen-bond acceptors (Lipinski definition) is 4. The Balaban J connectivity index is 1.40. The molecule has 0 radical (unpaired) electrons. The van der Waals surface area contributed by atoms with Crippen LogP contribution in [0.1, 0.15) is 68.1 Å². The Morgan fingerprint density at radius 2 is 2.00 bits per heavy atom. The second kappa shape index (κ2) is 9.14. The number of nitrogens with zero attached hydrogens (tertiary/aromatic N) is 4. The molecule has 0 spiro atoms. The summed E-state index contributed by atoms with van der Waals surface area (Å²) in [4.78, 5) is 35.6. The number of amides is 1. The van der Waals surface area contributed by atoms with E-state index in [0.717, 1.165) is 62.1 Å². The van der Waals surface area contributed by atoms with E-state index in [1.165, 1.54) is 5.56 Å². The van der Waals surface area contributed by atoms with E-state index >= 15 is 0 Å². The number of piperidine rings is 1. The Kier molecular flexibility index (Phi) is 6.06. The molecule has 33 heavy (non-hydrogen) atoms. The van der Waals surface area contributed by atoms with Gasteiger partial charge in [0.25, 0.3) is 5.56 Å². The van der Waals surface area contributed by atoms with E-state index in [4.69, 9.17) is 4.98 Å². The second-order valence-corrected chi connectivity index (χ2v) is 9.65. The number of rotatable bonds is 5. The van der Waals surface area contributed by atoms with Crippen molar-refractivity contribution in [3.8, 4) is 0 Å². The number of hydrogen-bond donors (Lipinski definition) is 1. The van der Waals surface area contributed by atoms with Crippen LogP contribution in [0.25, 0.3) is 5.65 Å². The fourth-order valence-electron chi connectivity index (χ4n) is 5.23. The molecular formula is C26H33N5O2.